The van der Waals surface area contributed by atoms with Gasteiger partial charge in [0.1, 0.15) is 5.82 Å². The van der Waals surface area contributed by atoms with Crippen LogP contribution in [-0.2, 0) is 44.8 Å². The molecule has 29 heavy (non-hydrogen) atoms. The molecule has 3 heterocycles. The van der Waals surface area contributed by atoms with Gasteiger partial charge in [-0.1, -0.05) is 13.8 Å². The molecule has 2 aromatic heterocycles. The molecule has 1 aliphatic rings. The smallest absolute Gasteiger partial charge is 0.192 e. The molecule has 0 aliphatic carbocycles. The molecule has 0 radical (unpaired) electrons. The lowest BCUT2D eigenvalue weighted by Gasteiger charge is -2.15. The van der Waals surface area contributed by atoms with Crippen LogP contribution in [-0.4, -0.2) is 49.8 Å². The van der Waals surface area contributed by atoms with Gasteiger partial charge in [-0.05, 0) is 32.6 Å². The summed E-state index contributed by atoms with van der Waals surface area (Å²) in [5, 5.41) is 19.9. The van der Waals surface area contributed by atoms with E-state index in [-0.39, 0.29) is 6.10 Å². The minimum absolute atomic E-state index is 0.245. The van der Waals surface area contributed by atoms with E-state index in [2.05, 4.69) is 39.8 Å². The third-order valence-corrected chi connectivity index (χ3v) is 5.54. The Morgan fingerprint density at radius 2 is 2.03 bits per heavy atom. The van der Waals surface area contributed by atoms with E-state index in [1.807, 2.05) is 30.3 Å². The summed E-state index contributed by atoms with van der Waals surface area (Å²) in [4.78, 5) is 4.87. The largest absolute Gasteiger partial charge is 0.376 e. The summed E-state index contributed by atoms with van der Waals surface area (Å²) in [5.74, 6) is 2.52. The molecule has 2 aromatic rings. The number of aliphatic imine (C=N–C) groups is 1. The van der Waals surface area contributed by atoms with Crippen molar-refractivity contribution in [2.24, 2.45) is 19.1 Å². The maximum absolute atomic E-state index is 5.74. The fourth-order valence-electron chi connectivity index (χ4n) is 3.69. The van der Waals surface area contributed by atoms with E-state index in [0.29, 0.717) is 13.1 Å². The second kappa shape index (κ2) is 9.87. The van der Waals surface area contributed by atoms with Crippen LogP contribution in [0.5, 0.6) is 0 Å². The highest BCUT2D eigenvalue weighted by molar-refractivity contribution is 5.79. The minimum Gasteiger partial charge on any atom is -0.376 e. The van der Waals surface area contributed by atoms with E-state index in [9.17, 15) is 0 Å². The summed E-state index contributed by atoms with van der Waals surface area (Å²) < 4.78 is 9.71. The van der Waals surface area contributed by atoms with Crippen LogP contribution in [0.3, 0.4) is 0 Å². The molecule has 2 N–H and O–H groups in total. The predicted molar refractivity (Wildman–Crippen MR) is 113 cm³/mol. The number of nitrogens with one attached hydrogen (secondary N) is 2. The Morgan fingerprint density at radius 1 is 1.21 bits per heavy atom. The van der Waals surface area contributed by atoms with Crippen LogP contribution in [0.15, 0.2) is 4.99 Å². The summed E-state index contributed by atoms with van der Waals surface area (Å²) in [5.41, 5.74) is 3.59. The van der Waals surface area contributed by atoms with Gasteiger partial charge in [0, 0.05) is 38.5 Å². The van der Waals surface area contributed by atoms with Crippen LogP contribution in [0, 0.1) is 6.92 Å². The highest BCUT2D eigenvalue weighted by Gasteiger charge is 2.17. The number of aromatic nitrogens is 5. The molecule has 1 atom stereocenters. The first kappa shape index (κ1) is 21.3. The molecule has 0 spiro atoms. The highest BCUT2D eigenvalue weighted by atomic mass is 16.5. The van der Waals surface area contributed by atoms with Crippen LogP contribution in [0.25, 0.3) is 0 Å². The lowest BCUT2D eigenvalue weighted by Crippen LogP contribution is -2.41. The first-order valence-corrected chi connectivity index (χ1v) is 10.6. The van der Waals surface area contributed by atoms with E-state index < -0.39 is 0 Å². The first-order chi connectivity index (χ1) is 14.0. The SMILES string of the molecule is CCc1nn(C)c(CC)c1CN=C(NCc1nnc(C)n1C)NCC1CCCO1. The average molecular weight is 403 g/mol. The van der Waals surface area contributed by atoms with Crippen molar-refractivity contribution in [3.63, 3.8) is 0 Å². The summed E-state index contributed by atoms with van der Waals surface area (Å²) in [6.45, 7) is 9.00. The van der Waals surface area contributed by atoms with Gasteiger partial charge in [-0.25, -0.2) is 4.99 Å². The van der Waals surface area contributed by atoms with Gasteiger partial charge in [0.15, 0.2) is 11.8 Å². The van der Waals surface area contributed by atoms with Crippen LogP contribution >= 0.6 is 0 Å². The Kier molecular flexibility index (Phi) is 7.24. The van der Waals surface area contributed by atoms with E-state index in [1.165, 1.54) is 11.3 Å². The maximum atomic E-state index is 5.74. The second-order valence-electron chi connectivity index (χ2n) is 7.46. The van der Waals surface area contributed by atoms with Gasteiger partial charge in [0.05, 0.1) is 24.9 Å². The summed E-state index contributed by atoms with van der Waals surface area (Å²) in [6.07, 6.45) is 4.31. The zero-order valence-corrected chi connectivity index (χ0v) is 18.3. The molecule has 1 fully saturated rings. The quantitative estimate of drug-likeness (QED) is 0.512. The molecule has 1 saturated heterocycles. The van der Waals surface area contributed by atoms with E-state index in [0.717, 1.165) is 62.1 Å². The lowest BCUT2D eigenvalue weighted by molar-refractivity contribution is 0.113. The monoisotopic (exact) mass is 402 g/mol. The third-order valence-electron chi connectivity index (χ3n) is 5.54. The van der Waals surface area contributed by atoms with Crippen molar-refractivity contribution in [3.05, 3.63) is 28.6 Å². The number of aryl methyl sites for hydroxylation is 3. The zero-order chi connectivity index (χ0) is 20.8. The summed E-state index contributed by atoms with van der Waals surface area (Å²) >= 11 is 0. The van der Waals surface area contributed by atoms with Gasteiger partial charge >= 0.3 is 0 Å². The molecule has 0 aromatic carbocycles. The second-order valence-corrected chi connectivity index (χ2v) is 7.46. The molecular formula is C20H34N8O. The van der Waals surface area contributed by atoms with Crippen molar-refractivity contribution < 1.29 is 4.74 Å². The average Bonchev–Trinajstić information content (AvgIpc) is 3.42. The van der Waals surface area contributed by atoms with Crippen LogP contribution < -0.4 is 10.6 Å². The van der Waals surface area contributed by atoms with Gasteiger partial charge in [-0.2, -0.15) is 5.10 Å². The molecule has 160 valence electrons. The molecule has 1 unspecified atom stereocenters. The normalized spacial score (nSPS) is 17.1. The van der Waals surface area contributed by atoms with Gasteiger partial charge in [0.25, 0.3) is 0 Å². The third kappa shape index (κ3) is 5.14. The number of rotatable bonds is 8. The fourth-order valence-corrected chi connectivity index (χ4v) is 3.69. The Labute approximate surface area is 172 Å². The fraction of sp³-hybridized carbons (Fsp3) is 0.700. The molecule has 9 nitrogen and oxygen atoms in total. The summed E-state index contributed by atoms with van der Waals surface area (Å²) in [6, 6.07) is 0. The topological polar surface area (TPSA) is 94.2 Å². The van der Waals surface area contributed by atoms with Crippen LogP contribution in [0.4, 0.5) is 0 Å². The number of ether oxygens (including phenoxy) is 1. The van der Waals surface area contributed by atoms with Gasteiger partial charge < -0.3 is 19.9 Å². The summed E-state index contributed by atoms with van der Waals surface area (Å²) in [7, 11) is 3.98. The zero-order valence-electron chi connectivity index (χ0n) is 18.3. The van der Waals surface area contributed by atoms with E-state index >= 15 is 0 Å². The number of hydrogen-bond donors (Lipinski definition) is 2. The van der Waals surface area contributed by atoms with Crippen molar-refractivity contribution >= 4 is 5.96 Å². The lowest BCUT2D eigenvalue weighted by atomic mass is 10.1. The first-order valence-electron chi connectivity index (χ1n) is 10.6. The van der Waals surface area contributed by atoms with E-state index in [1.54, 1.807) is 0 Å². The van der Waals surface area contributed by atoms with Gasteiger partial charge in [0.2, 0.25) is 0 Å². The molecule has 9 heteroatoms. The Balaban J connectivity index is 1.73. The Hall–Kier alpha value is -2.42. The molecule has 0 saturated carbocycles. The Morgan fingerprint density at radius 3 is 2.66 bits per heavy atom. The molecule has 0 amide bonds. The van der Waals surface area contributed by atoms with Crippen LogP contribution in [0.1, 0.15) is 55.3 Å². The predicted octanol–water partition coefficient (Wildman–Crippen LogP) is 1.40. The van der Waals surface area contributed by atoms with Crippen molar-refractivity contribution in [2.75, 3.05) is 13.2 Å². The van der Waals surface area contributed by atoms with Crippen molar-refractivity contribution in [1.29, 1.82) is 0 Å². The molecule has 0 bridgehead atoms. The number of guanidine groups is 1. The van der Waals surface area contributed by atoms with Crippen LogP contribution in [0.2, 0.25) is 0 Å². The molecular weight excluding hydrogens is 368 g/mol. The van der Waals surface area contributed by atoms with Crippen molar-refractivity contribution in [2.45, 2.75) is 65.6 Å². The van der Waals surface area contributed by atoms with Gasteiger partial charge in [-0.15, -0.1) is 10.2 Å². The van der Waals surface area contributed by atoms with E-state index in [4.69, 9.17) is 9.73 Å². The molecule has 3 rings (SSSR count). The highest BCUT2D eigenvalue weighted by Crippen LogP contribution is 2.16. The maximum Gasteiger partial charge on any atom is 0.192 e. The minimum atomic E-state index is 0.245. The Bertz CT molecular complexity index is 832. The standard InChI is InChI=1S/C20H34N8O/c1-6-17-16(18(7-2)28(5)26-17)12-22-20(21-11-15-9-8-10-29-15)23-13-19-25-24-14(3)27(19)4/h15H,6-13H2,1-5H3,(H2,21,22,23). The number of nitrogens with zero attached hydrogens (tertiary/aromatic N) is 6. The van der Waals surface area contributed by atoms with Gasteiger partial charge in [-0.3, -0.25) is 4.68 Å². The van der Waals surface area contributed by atoms with Crippen molar-refractivity contribution in [1.82, 2.24) is 35.2 Å². The van der Waals surface area contributed by atoms with Crippen molar-refractivity contribution in [3.8, 4) is 0 Å². The molecule has 1 aliphatic heterocycles. The number of hydrogen-bond acceptors (Lipinski definition) is 5.